The van der Waals surface area contributed by atoms with Crippen molar-refractivity contribution >= 4 is 5.57 Å². The Hall–Kier alpha value is -8.01. The Labute approximate surface area is 352 Å². The van der Waals surface area contributed by atoms with Gasteiger partial charge in [-0.05, 0) is 78.9 Å². The molecule has 0 spiro atoms. The number of hydrogen-bond donors (Lipinski definition) is 0. The molecule has 0 fully saturated rings. The Kier molecular flexibility index (Phi) is 10.8. The Balaban J connectivity index is 1.09. The zero-order valence-corrected chi connectivity index (χ0v) is 33.1. The first kappa shape index (κ1) is 37.6. The van der Waals surface area contributed by atoms with E-state index in [9.17, 15) is 0 Å². The molecule has 8 aromatic carbocycles. The van der Waals surface area contributed by atoms with Gasteiger partial charge in [0.1, 0.15) is 0 Å². The van der Waals surface area contributed by atoms with Gasteiger partial charge in [-0.15, -0.1) is 0 Å². The van der Waals surface area contributed by atoms with Gasteiger partial charge in [0, 0.05) is 16.7 Å². The van der Waals surface area contributed by atoms with Crippen molar-refractivity contribution in [2.75, 3.05) is 0 Å². The SMILES string of the molecule is C=C/C=C(\C=C)c1cccc(-c2ccc(-c3ccccc3-c3nc(-c4ccccc4)nc(-c4ccccc4-c4ccc(-c5cccc(-c6ccccc6)c5)cc4)n3)cc2)c1. The Morgan fingerprint density at radius 2 is 0.700 bits per heavy atom. The lowest BCUT2D eigenvalue weighted by atomic mass is 9.94. The van der Waals surface area contributed by atoms with Crippen LogP contribution in [0.4, 0.5) is 0 Å². The van der Waals surface area contributed by atoms with E-state index in [-0.39, 0.29) is 0 Å². The van der Waals surface area contributed by atoms with Crippen LogP contribution in [0, 0.1) is 0 Å². The van der Waals surface area contributed by atoms with Crippen LogP contribution in [-0.4, -0.2) is 15.0 Å². The molecule has 0 aliphatic rings. The number of nitrogens with zero attached hydrogens (tertiary/aromatic N) is 3. The maximum atomic E-state index is 5.25. The molecule has 1 heterocycles. The van der Waals surface area contributed by atoms with Crippen LogP contribution in [-0.2, 0) is 0 Å². The predicted octanol–water partition coefficient (Wildman–Crippen LogP) is 15.0. The number of aromatic nitrogens is 3. The Morgan fingerprint density at radius 1 is 0.317 bits per heavy atom. The normalized spacial score (nSPS) is 11.2. The summed E-state index contributed by atoms with van der Waals surface area (Å²) in [6, 6.07) is 72.0. The summed E-state index contributed by atoms with van der Waals surface area (Å²) in [6.07, 6.45) is 5.63. The molecule has 0 bridgehead atoms. The molecule has 9 aromatic rings. The van der Waals surface area contributed by atoms with E-state index < -0.39 is 0 Å². The maximum Gasteiger partial charge on any atom is 0.164 e. The minimum absolute atomic E-state index is 0.612. The van der Waals surface area contributed by atoms with Crippen LogP contribution in [0.5, 0.6) is 0 Å². The highest BCUT2D eigenvalue weighted by atomic mass is 15.0. The molecule has 0 saturated heterocycles. The summed E-state index contributed by atoms with van der Waals surface area (Å²) in [5.41, 5.74) is 16.1. The highest BCUT2D eigenvalue weighted by Gasteiger charge is 2.18. The summed E-state index contributed by atoms with van der Waals surface area (Å²) in [6.45, 7) is 7.85. The fourth-order valence-electron chi connectivity index (χ4n) is 7.67. The van der Waals surface area contributed by atoms with Crippen molar-refractivity contribution in [3.63, 3.8) is 0 Å². The first-order valence-corrected chi connectivity index (χ1v) is 20.1. The average molecular weight is 768 g/mol. The van der Waals surface area contributed by atoms with Crippen LogP contribution in [0.15, 0.2) is 238 Å². The zero-order chi connectivity index (χ0) is 40.7. The summed E-state index contributed by atoms with van der Waals surface area (Å²) in [5.74, 6) is 1.85. The summed E-state index contributed by atoms with van der Waals surface area (Å²) in [4.78, 5) is 15.5. The lowest BCUT2D eigenvalue weighted by Gasteiger charge is -2.14. The lowest BCUT2D eigenvalue weighted by Crippen LogP contribution is -2.02. The first-order valence-electron chi connectivity index (χ1n) is 20.1. The molecule has 0 unspecified atom stereocenters. The molecule has 0 radical (unpaired) electrons. The first-order chi connectivity index (χ1) is 29.6. The smallest absolute Gasteiger partial charge is 0.164 e. The molecule has 0 amide bonds. The van der Waals surface area contributed by atoms with Crippen molar-refractivity contribution in [2.24, 2.45) is 0 Å². The molecule has 0 aliphatic carbocycles. The van der Waals surface area contributed by atoms with E-state index in [4.69, 9.17) is 15.0 Å². The third kappa shape index (κ3) is 7.93. The molecule has 3 heteroatoms. The fraction of sp³-hybridized carbons (Fsp3) is 0. The molecule has 284 valence electrons. The van der Waals surface area contributed by atoms with Gasteiger partial charge in [-0.25, -0.2) is 15.0 Å². The van der Waals surface area contributed by atoms with E-state index >= 15 is 0 Å². The van der Waals surface area contributed by atoms with Crippen molar-refractivity contribution in [1.29, 1.82) is 0 Å². The number of rotatable bonds is 11. The quantitative estimate of drug-likeness (QED) is 0.123. The molecule has 0 atom stereocenters. The van der Waals surface area contributed by atoms with Gasteiger partial charge >= 0.3 is 0 Å². The van der Waals surface area contributed by atoms with Gasteiger partial charge < -0.3 is 0 Å². The Bertz CT molecular complexity index is 2980. The van der Waals surface area contributed by atoms with Crippen LogP contribution in [0.1, 0.15) is 5.56 Å². The van der Waals surface area contributed by atoms with Gasteiger partial charge in [0.15, 0.2) is 17.5 Å². The number of allylic oxidation sites excluding steroid dienone is 4. The van der Waals surface area contributed by atoms with E-state index in [1.165, 1.54) is 16.7 Å². The monoisotopic (exact) mass is 767 g/mol. The lowest BCUT2D eigenvalue weighted by molar-refractivity contribution is 1.07. The van der Waals surface area contributed by atoms with E-state index in [0.717, 1.165) is 66.8 Å². The predicted molar refractivity (Wildman–Crippen MR) is 252 cm³/mol. The standard InChI is InChI=1S/C57H41N3/c1-3-17-40(4-2)47-22-15-24-49(38-47)42-30-34-44(35-31-42)51-26-11-13-28-53(51)56-58-55(46-20-9-6-10-21-46)59-57(60-56)54-29-14-12-27-52(54)45-36-32-43(33-37-45)50-25-16-23-48(39-50)41-18-7-5-8-19-41/h3-39H,1-2H2/b40-17+. The summed E-state index contributed by atoms with van der Waals surface area (Å²) in [5, 5.41) is 0. The molecule has 0 N–H and O–H groups in total. The number of benzene rings is 8. The summed E-state index contributed by atoms with van der Waals surface area (Å²) in [7, 11) is 0. The third-order valence-electron chi connectivity index (χ3n) is 10.7. The fourth-order valence-corrected chi connectivity index (χ4v) is 7.67. The molecular formula is C57H41N3. The summed E-state index contributed by atoms with van der Waals surface area (Å²) < 4.78 is 0. The molecule has 0 aliphatic heterocycles. The minimum Gasteiger partial charge on any atom is -0.208 e. The minimum atomic E-state index is 0.612. The second-order valence-corrected chi connectivity index (χ2v) is 14.5. The van der Waals surface area contributed by atoms with Gasteiger partial charge in [-0.3, -0.25) is 0 Å². The number of hydrogen-bond acceptors (Lipinski definition) is 3. The molecule has 9 rings (SSSR count). The molecule has 60 heavy (non-hydrogen) atoms. The van der Waals surface area contributed by atoms with Crippen LogP contribution in [0.25, 0.3) is 95.4 Å². The van der Waals surface area contributed by atoms with Gasteiger partial charge in [0.25, 0.3) is 0 Å². The van der Waals surface area contributed by atoms with Gasteiger partial charge in [-0.1, -0.05) is 226 Å². The van der Waals surface area contributed by atoms with Crippen LogP contribution in [0.2, 0.25) is 0 Å². The zero-order valence-electron chi connectivity index (χ0n) is 33.1. The molecule has 0 saturated carbocycles. The Morgan fingerprint density at radius 3 is 1.20 bits per heavy atom. The van der Waals surface area contributed by atoms with Crippen molar-refractivity contribution in [1.82, 2.24) is 15.0 Å². The summed E-state index contributed by atoms with van der Waals surface area (Å²) >= 11 is 0. The van der Waals surface area contributed by atoms with E-state index in [1.807, 2.05) is 60.7 Å². The molecular weight excluding hydrogens is 727 g/mol. The van der Waals surface area contributed by atoms with E-state index in [0.29, 0.717) is 17.5 Å². The van der Waals surface area contributed by atoms with Crippen LogP contribution in [0.3, 0.4) is 0 Å². The third-order valence-corrected chi connectivity index (χ3v) is 10.7. The second kappa shape index (κ2) is 17.2. The average Bonchev–Trinajstić information content (AvgIpc) is 3.34. The van der Waals surface area contributed by atoms with Crippen molar-refractivity contribution in [3.05, 3.63) is 243 Å². The van der Waals surface area contributed by atoms with Gasteiger partial charge in [-0.2, -0.15) is 0 Å². The van der Waals surface area contributed by atoms with Crippen molar-refractivity contribution in [3.8, 4) is 89.8 Å². The van der Waals surface area contributed by atoms with Crippen molar-refractivity contribution in [2.45, 2.75) is 0 Å². The highest BCUT2D eigenvalue weighted by molar-refractivity contribution is 5.86. The molecule has 3 nitrogen and oxygen atoms in total. The second-order valence-electron chi connectivity index (χ2n) is 14.5. The van der Waals surface area contributed by atoms with Gasteiger partial charge in [0.2, 0.25) is 0 Å². The van der Waals surface area contributed by atoms with E-state index in [2.05, 4.69) is 171 Å². The van der Waals surface area contributed by atoms with Crippen molar-refractivity contribution < 1.29 is 0 Å². The topological polar surface area (TPSA) is 38.7 Å². The van der Waals surface area contributed by atoms with Crippen LogP contribution >= 0.6 is 0 Å². The maximum absolute atomic E-state index is 5.25. The van der Waals surface area contributed by atoms with Crippen LogP contribution < -0.4 is 0 Å². The highest BCUT2D eigenvalue weighted by Crippen LogP contribution is 2.37. The molecule has 1 aromatic heterocycles. The van der Waals surface area contributed by atoms with E-state index in [1.54, 1.807) is 6.08 Å². The largest absolute Gasteiger partial charge is 0.208 e. The van der Waals surface area contributed by atoms with Gasteiger partial charge in [0.05, 0.1) is 0 Å².